The summed E-state index contributed by atoms with van der Waals surface area (Å²) in [7, 11) is 0. The SMILES string of the molecule is C=CC(=O)Oc1ccc(-c2ccc(N(c3ccc(-c4ccc(OC(=O)C(=C)C)cc4)cc3)c3ccc(CC)c4c5c(ccc34)CC=CC5C)cc2)cc1. The summed E-state index contributed by atoms with van der Waals surface area (Å²) in [6, 6.07) is 41.3. The molecule has 0 saturated carbocycles. The van der Waals surface area contributed by atoms with Gasteiger partial charge in [-0.25, -0.2) is 9.59 Å². The summed E-state index contributed by atoms with van der Waals surface area (Å²) in [5.74, 6) is 0.361. The van der Waals surface area contributed by atoms with Gasteiger partial charge in [0.1, 0.15) is 11.5 Å². The zero-order chi connectivity index (χ0) is 37.1. The van der Waals surface area contributed by atoms with E-state index in [9.17, 15) is 9.59 Å². The Bertz CT molecular complexity index is 2370. The fraction of sp³-hybridized carbons (Fsp3) is 0.125. The Morgan fingerprint density at radius 3 is 1.77 bits per heavy atom. The predicted molar refractivity (Wildman–Crippen MR) is 216 cm³/mol. The second-order valence-corrected chi connectivity index (χ2v) is 13.4. The van der Waals surface area contributed by atoms with E-state index in [2.05, 4.69) is 117 Å². The highest BCUT2D eigenvalue weighted by atomic mass is 16.5. The lowest BCUT2D eigenvalue weighted by molar-refractivity contribution is -0.130. The maximum Gasteiger partial charge on any atom is 0.338 e. The quantitative estimate of drug-likeness (QED) is 0.0618. The molecule has 7 rings (SSSR count). The molecule has 6 aromatic rings. The number of hydrogen-bond donors (Lipinski definition) is 0. The number of benzene rings is 6. The van der Waals surface area contributed by atoms with E-state index in [0.29, 0.717) is 23.0 Å². The van der Waals surface area contributed by atoms with E-state index >= 15 is 0 Å². The van der Waals surface area contributed by atoms with Crippen LogP contribution in [0.1, 0.15) is 43.4 Å². The van der Waals surface area contributed by atoms with Gasteiger partial charge in [-0.1, -0.05) is 106 Å². The average molecular weight is 696 g/mol. The van der Waals surface area contributed by atoms with Gasteiger partial charge in [0, 0.05) is 28.4 Å². The van der Waals surface area contributed by atoms with Crippen LogP contribution in [0.5, 0.6) is 11.5 Å². The summed E-state index contributed by atoms with van der Waals surface area (Å²) in [5.41, 5.74) is 11.8. The first-order valence-corrected chi connectivity index (χ1v) is 17.9. The van der Waals surface area contributed by atoms with Crippen LogP contribution in [0.15, 0.2) is 158 Å². The molecular weight excluding hydrogens is 655 g/mol. The van der Waals surface area contributed by atoms with Crippen LogP contribution in [-0.2, 0) is 22.4 Å². The van der Waals surface area contributed by atoms with Crippen LogP contribution in [0, 0.1) is 0 Å². The summed E-state index contributed by atoms with van der Waals surface area (Å²) in [5, 5.41) is 2.57. The Balaban J connectivity index is 1.29. The van der Waals surface area contributed by atoms with E-state index < -0.39 is 11.9 Å². The number of nitrogens with zero attached hydrogens (tertiary/aromatic N) is 1. The van der Waals surface area contributed by atoms with Crippen LogP contribution in [0.3, 0.4) is 0 Å². The highest BCUT2D eigenvalue weighted by Crippen LogP contribution is 2.44. The maximum atomic E-state index is 12.0. The smallest absolute Gasteiger partial charge is 0.338 e. The van der Waals surface area contributed by atoms with Crippen molar-refractivity contribution < 1.29 is 19.1 Å². The molecule has 0 bridgehead atoms. The van der Waals surface area contributed by atoms with E-state index in [1.807, 2.05) is 24.3 Å². The van der Waals surface area contributed by atoms with Crippen LogP contribution in [-0.4, -0.2) is 11.9 Å². The summed E-state index contributed by atoms with van der Waals surface area (Å²) in [6.07, 6.45) is 7.67. The summed E-state index contributed by atoms with van der Waals surface area (Å²) in [6.45, 7) is 13.3. The van der Waals surface area contributed by atoms with Crippen molar-refractivity contribution in [3.05, 3.63) is 175 Å². The number of rotatable bonds is 10. The maximum absolute atomic E-state index is 12.0. The van der Waals surface area contributed by atoms with Crippen molar-refractivity contribution >= 4 is 39.8 Å². The molecule has 6 aromatic carbocycles. The second-order valence-electron chi connectivity index (χ2n) is 13.4. The predicted octanol–water partition coefficient (Wildman–Crippen LogP) is 12.0. The molecule has 262 valence electrons. The Morgan fingerprint density at radius 1 is 0.736 bits per heavy atom. The molecule has 5 nitrogen and oxygen atoms in total. The Kier molecular flexibility index (Phi) is 9.91. The molecule has 0 aromatic heterocycles. The first-order valence-electron chi connectivity index (χ1n) is 17.9. The summed E-state index contributed by atoms with van der Waals surface area (Å²) >= 11 is 0. The van der Waals surface area contributed by atoms with E-state index in [-0.39, 0.29) is 0 Å². The van der Waals surface area contributed by atoms with Crippen LogP contribution >= 0.6 is 0 Å². The number of carbonyl (C=O) groups excluding carboxylic acids is 2. The van der Waals surface area contributed by atoms with E-state index in [0.717, 1.165) is 58.2 Å². The molecule has 0 N–H and O–H groups in total. The molecule has 1 unspecified atom stereocenters. The highest BCUT2D eigenvalue weighted by molar-refractivity contribution is 6.03. The molecule has 1 aliphatic carbocycles. The number of hydrogen-bond acceptors (Lipinski definition) is 5. The number of carbonyl (C=O) groups is 2. The summed E-state index contributed by atoms with van der Waals surface area (Å²) in [4.78, 5) is 26.0. The van der Waals surface area contributed by atoms with E-state index in [4.69, 9.17) is 9.47 Å². The molecule has 0 amide bonds. The summed E-state index contributed by atoms with van der Waals surface area (Å²) < 4.78 is 10.7. The fourth-order valence-corrected chi connectivity index (χ4v) is 7.07. The number of ether oxygens (including phenoxy) is 2. The molecule has 1 aliphatic rings. The third kappa shape index (κ3) is 7.19. The topological polar surface area (TPSA) is 55.8 Å². The molecular formula is C48H41NO4. The van der Waals surface area contributed by atoms with Gasteiger partial charge in [0.05, 0.1) is 5.69 Å². The van der Waals surface area contributed by atoms with Gasteiger partial charge in [-0.3, -0.25) is 0 Å². The molecule has 0 saturated heterocycles. The number of esters is 2. The van der Waals surface area contributed by atoms with Crippen molar-refractivity contribution in [2.75, 3.05) is 4.90 Å². The van der Waals surface area contributed by atoms with Crippen molar-refractivity contribution in [1.29, 1.82) is 0 Å². The first kappa shape index (κ1) is 35.0. The van der Waals surface area contributed by atoms with Crippen LogP contribution in [0.25, 0.3) is 33.0 Å². The van der Waals surface area contributed by atoms with Gasteiger partial charge in [-0.2, -0.15) is 0 Å². The molecule has 0 fully saturated rings. The van der Waals surface area contributed by atoms with Crippen molar-refractivity contribution in [1.82, 2.24) is 0 Å². The second kappa shape index (κ2) is 15.0. The van der Waals surface area contributed by atoms with Gasteiger partial charge >= 0.3 is 11.9 Å². The zero-order valence-corrected chi connectivity index (χ0v) is 30.3. The standard InChI is InChI=1S/C48H41NO4/c1-6-33-20-30-44(43-29-19-38-10-8-9-32(5)46(38)47(33)43)49(39-21-11-34(12-22-39)36-15-25-41(26-16-36)52-45(50)7-2)40-23-13-35(14-24-40)37-17-27-42(28-18-37)53-48(51)31(3)4/h7-9,11-30,32H,2-3,6,10H2,1,4-5H3. The molecule has 0 radical (unpaired) electrons. The number of allylic oxidation sites excluding steroid dienone is 2. The third-order valence-corrected chi connectivity index (χ3v) is 9.79. The van der Waals surface area contributed by atoms with Crippen molar-refractivity contribution in [3.8, 4) is 33.8 Å². The molecule has 5 heteroatoms. The Labute approximate surface area is 311 Å². The monoisotopic (exact) mass is 695 g/mol. The van der Waals surface area contributed by atoms with E-state index in [1.54, 1.807) is 31.2 Å². The lowest BCUT2D eigenvalue weighted by Gasteiger charge is -2.29. The zero-order valence-electron chi connectivity index (χ0n) is 30.3. The normalized spacial score (nSPS) is 13.2. The van der Waals surface area contributed by atoms with E-state index in [1.165, 1.54) is 27.5 Å². The fourth-order valence-electron chi connectivity index (χ4n) is 7.07. The lowest BCUT2D eigenvalue weighted by Crippen LogP contribution is -2.12. The molecule has 1 atom stereocenters. The van der Waals surface area contributed by atoms with Crippen LogP contribution < -0.4 is 14.4 Å². The minimum absolute atomic E-state index is 0.331. The Hall–Kier alpha value is -6.46. The molecule has 0 spiro atoms. The molecule has 0 aliphatic heterocycles. The van der Waals surface area contributed by atoms with Crippen molar-refractivity contribution in [2.24, 2.45) is 0 Å². The van der Waals surface area contributed by atoms with Gasteiger partial charge in [0.2, 0.25) is 0 Å². The number of anilines is 3. The molecule has 53 heavy (non-hydrogen) atoms. The van der Waals surface area contributed by atoms with Gasteiger partial charge in [-0.15, -0.1) is 0 Å². The van der Waals surface area contributed by atoms with Crippen molar-refractivity contribution in [2.45, 2.75) is 39.5 Å². The van der Waals surface area contributed by atoms with Gasteiger partial charge < -0.3 is 14.4 Å². The Morgan fingerprint density at radius 2 is 1.26 bits per heavy atom. The van der Waals surface area contributed by atoms with Crippen LogP contribution in [0.4, 0.5) is 17.1 Å². The van der Waals surface area contributed by atoms with Gasteiger partial charge in [-0.05, 0) is 125 Å². The number of aryl methyl sites for hydroxylation is 1. The molecule has 0 heterocycles. The average Bonchev–Trinajstić information content (AvgIpc) is 3.19. The largest absolute Gasteiger partial charge is 0.423 e. The van der Waals surface area contributed by atoms with Crippen LogP contribution in [0.2, 0.25) is 0 Å². The number of fused-ring (bicyclic) bond motifs is 3. The third-order valence-electron chi connectivity index (χ3n) is 9.79. The highest BCUT2D eigenvalue weighted by Gasteiger charge is 2.22. The van der Waals surface area contributed by atoms with Gasteiger partial charge in [0.15, 0.2) is 0 Å². The van der Waals surface area contributed by atoms with Crippen molar-refractivity contribution in [3.63, 3.8) is 0 Å². The first-order chi connectivity index (χ1) is 25.7. The minimum Gasteiger partial charge on any atom is -0.423 e. The lowest BCUT2D eigenvalue weighted by atomic mass is 9.82. The minimum atomic E-state index is -0.485. The van der Waals surface area contributed by atoms with Gasteiger partial charge in [0.25, 0.3) is 0 Å².